The molecule has 0 fully saturated rings. The number of carbonyl (C=O) groups excluding carboxylic acids is 1. The van der Waals surface area contributed by atoms with Gasteiger partial charge in [-0.3, -0.25) is 4.79 Å². The van der Waals surface area contributed by atoms with Crippen molar-refractivity contribution in [3.8, 4) is 0 Å². The Morgan fingerprint density at radius 1 is 0.900 bits per heavy atom. The highest BCUT2D eigenvalue weighted by Gasteiger charge is 2.11. The third-order valence-corrected chi connectivity index (χ3v) is 5.16. The van der Waals surface area contributed by atoms with Crippen molar-refractivity contribution in [3.05, 3.63) is 102 Å². The quantitative estimate of drug-likeness (QED) is 0.462. The first-order valence-electron chi connectivity index (χ1n) is 10.2. The summed E-state index contributed by atoms with van der Waals surface area (Å²) >= 11 is 0. The minimum Gasteiger partial charge on any atom is -0.352 e. The van der Waals surface area contributed by atoms with Crippen LogP contribution < -0.4 is 5.32 Å². The molecule has 1 aromatic heterocycles. The van der Waals surface area contributed by atoms with Crippen molar-refractivity contribution in [1.29, 1.82) is 0 Å². The van der Waals surface area contributed by atoms with E-state index in [-0.39, 0.29) is 11.7 Å². The van der Waals surface area contributed by atoms with Gasteiger partial charge >= 0.3 is 0 Å². The number of nitrogens with one attached hydrogen (secondary N) is 1. The third kappa shape index (κ3) is 4.74. The van der Waals surface area contributed by atoms with Gasteiger partial charge in [-0.2, -0.15) is 0 Å². The average Bonchev–Trinajstić information content (AvgIpc) is 3.12. The lowest BCUT2D eigenvalue weighted by atomic mass is 10.1. The van der Waals surface area contributed by atoms with E-state index in [0.717, 1.165) is 36.2 Å². The number of aromatic nitrogens is 2. The largest absolute Gasteiger partial charge is 0.352 e. The van der Waals surface area contributed by atoms with Crippen molar-refractivity contribution in [2.24, 2.45) is 0 Å². The van der Waals surface area contributed by atoms with Crippen LogP contribution in [0.5, 0.6) is 0 Å². The number of aryl methyl sites for hydroxylation is 2. The van der Waals surface area contributed by atoms with Crippen LogP contribution in [0.2, 0.25) is 0 Å². The van der Waals surface area contributed by atoms with E-state index in [1.807, 2.05) is 24.3 Å². The molecule has 0 atom stereocenters. The normalized spacial score (nSPS) is 11.0. The smallest absolute Gasteiger partial charge is 0.251 e. The highest BCUT2D eigenvalue weighted by Crippen LogP contribution is 2.18. The van der Waals surface area contributed by atoms with Crippen LogP contribution in [0.4, 0.5) is 4.39 Å². The van der Waals surface area contributed by atoms with Gasteiger partial charge in [0.25, 0.3) is 5.91 Å². The Hall–Kier alpha value is -3.47. The first kappa shape index (κ1) is 19.8. The lowest BCUT2D eigenvalue weighted by molar-refractivity contribution is 0.0954. The van der Waals surface area contributed by atoms with Crippen LogP contribution in [0.3, 0.4) is 0 Å². The van der Waals surface area contributed by atoms with Crippen LogP contribution in [-0.4, -0.2) is 22.0 Å². The predicted molar refractivity (Wildman–Crippen MR) is 117 cm³/mol. The number of halogens is 1. The highest BCUT2D eigenvalue weighted by atomic mass is 19.1. The molecule has 0 saturated heterocycles. The van der Waals surface area contributed by atoms with E-state index in [4.69, 9.17) is 4.98 Å². The summed E-state index contributed by atoms with van der Waals surface area (Å²) in [6, 6.07) is 24.2. The molecule has 0 unspecified atom stereocenters. The number of fused-ring (bicyclic) bond motifs is 1. The fourth-order valence-electron chi connectivity index (χ4n) is 3.64. The van der Waals surface area contributed by atoms with Crippen LogP contribution in [0.15, 0.2) is 78.9 Å². The molecule has 0 saturated carbocycles. The summed E-state index contributed by atoms with van der Waals surface area (Å²) in [5.74, 6) is 0.404. The molecule has 1 heterocycles. The standard InChI is InChI=1S/C25H24FN3O/c26-21-14-12-20(13-15-21)25(30)27-17-16-24-28-22-10-4-5-11-23(22)29(24)18-6-9-19-7-2-1-3-8-19/h1-5,7-8,10-15H,6,9,16-18H2,(H,27,30). The molecule has 0 aliphatic heterocycles. The lowest BCUT2D eigenvalue weighted by Gasteiger charge is -2.10. The van der Waals surface area contributed by atoms with E-state index in [2.05, 4.69) is 40.2 Å². The minimum atomic E-state index is -0.351. The van der Waals surface area contributed by atoms with Gasteiger partial charge in [-0.15, -0.1) is 0 Å². The number of hydrogen-bond donors (Lipinski definition) is 1. The van der Waals surface area contributed by atoms with Crippen LogP contribution in [0, 0.1) is 5.82 Å². The molecule has 4 aromatic rings. The first-order valence-corrected chi connectivity index (χ1v) is 10.2. The molecular weight excluding hydrogens is 377 g/mol. The van der Waals surface area contributed by atoms with Crippen LogP contribution in [0.1, 0.15) is 28.2 Å². The molecule has 0 radical (unpaired) electrons. The van der Waals surface area contributed by atoms with E-state index >= 15 is 0 Å². The van der Waals surface area contributed by atoms with Gasteiger partial charge in [0.1, 0.15) is 11.6 Å². The Kier molecular flexibility index (Phi) is 6.18. The fourth-order valence-corrected chi connectivity index (χ4v) is 3.64. The number of benzene rings is 3. The topological polar surface area (TPSA) is 46.9 Å². The molecule has 5 heteroatoms. The Balaban J connectivity index is 1.41. The Morgan fingerprint density at radius 3 is 2.43 bits per heavy atom. The molecule has 0 aliphatic carbocycles. The van der Waals surface area contributed by atoms with Gasteiger partial charge in [0.05, 0.1) is 11.0 Å². The molecule has 152 valence electrons. The van der Waals surface area contributed by atoms with E-state index in [0.29, 0.717) is 18.5 Å². The van der Waals surface area contributed by atoms with E-state index in [1.54, 1.807) is 0 Å². The molecule has 4 rings (SSSR count). The monoisotopic (exact) mass is 401 g/mol. The van der Waals surface area contributed by atoms with Crippen LogP contribution >= 0.6 is 0 Å². The van der Waals surface area contributed by atoms with Gasteiger partial charge in [0.2, 0.25) is 0 Å². The molecule has 1 N–H and O–H groups in total. The summed E-state index contributed by atoms with van der Waals surface area (Å²) in [5.41, 5.74) is 3.87. The number of nitrogens with zero attached hydrogens (tertiary/aromatic N) is 2. The summed E-state index contributed by atoms with van der Waals surface area (Å²) in [6.07, 6.45) is 2.65. The lowest BCUT2D eigenvalue weighted by Crippen LogP contribution is -2.26. The second kappa shape index (κ2) is 9.35. The summed E-state index contributed by atoms with van der Waals surface area (Å²) in [6.45, 7) is 1.34. The van der Waals surface area contributed by atoms with Crippen molar-refractivity contribution < 1.29 is 9.18 Å². The summed E-state index contributed by atoms with van der Waals surface area (Å²) in [5, 5.41) is 2.91. The van der Waals surface area contributed by atoms with Crippen molar-refractivity contribution in [1.82, 2.24) is 14.9 Å². The maximum absolute atomic E-state index is 13.0. The zero-order valence-electron chi connectivity index (χ0n) is 16.7. The van der Waals surface area contributed by atoms with Gasteiger partial charge in [-0.25, -0.2) is 9.37 Å². The maximum atomic E-state index is 13.0. The molecule has 0 aliphatic rings. The van der Waals surface area contributed by atoms with Crippen molar-refractivity contribution in [3.63, 3.8) is 0 Å². The number of hydrogen-bond acceptors (Lipinski definition) is 2. The van der Waals surface area contributed by atoms with Gasteiger partial charge in [0, 0.05) is 25.1 Å². The van der Waals surface area contributed by atoms with Gasteiger partial charge in [-0.05, 0) is 54.8 Å². The van der Waals surface area contributed by atoms with Crippen molar-refractivity contribution in [2.45, 2.75) is 25.8 Å². The molecule has 0 spiro atoms. The average molecular weight is 401 g/mol. The fraction of sp³-hybridized carbons (Fsp3) is 0.200. The number of imidazole rings is 1. The zero-order valence-corrected chi connectivity index (χ0v) is 16.7. The molecule has 0 bridgehead atoms. The van der Waals surface area contributed by atoms with Crippen molar-refractivity contribution in [2.75, 3.05) is 6.54 Å². The van der Waals surface area contributed by atoms with Gasteiger partial charge < -0.3 is 9.88 Å². The Bertz CT molecular complexity index is 1120. The van der Waals surface area contributed by atoms with E-state index in [1.165, 1.54) is 29.8 Å². The van der Waals surface area contributed by atoms with Crippen LogP contribution in [-0.2, 0) is 19.4 Å². The van der Waals surface area contributed by atoms with Crippen LogP contribution in [0.25, 0.3) is 11.0 Å². The second-order valence-corrected chi connectivity index (χ2v) is 7.27. The molecule has 3 aromatic carbocycles. The minimum absolute atomic E-state index is 0.207. The Morgan fingerprint density at radius 2 is 1.63 bits per heavy atom. The number of rotatable bonds is 8. The van der Waals surface area contributed by atoms with Gasteiger partial charge in [-0.1, -0.05) is 42.5 Å². The third-order valence-electron chi connectivity index (χ3n) is 5.16. The second-order valence-electron chi connectivity index (χ2n) is 7.27. The molecule has 30 heavy (non-hydrogen) atoms. The highest BCUT2D eigenvalue weighted by molar-refractivity contribution is 5.94. The molecule has 1 amide bonds. The maximum Gasteiger partial charge on any atom is 0.251 e. The predicted octanol–water partition coefficient (Wildman–Crippen LogP) is 4.78. The number of carbonyl (C=O) groups is 1. The molecule has 4 nitrogen and oxygen atoms in total. The summed E-state index contributed by atoms with van der Waals surface area (Å²) in [7, 11) is 0. The number of para-hydroxylation sites is 2. The van der Waals surface area contributed by atoms with Crippen molar-refractivity contribution >= 4 is 16.9 Å². The Labute approximate surface area is 175 Å². The molecular formula is C25H24FN3O. The summed E-state index contributed by atoms with van der Waals surface area (Å²) < 4.78 is 15.3. The van der Waals surface area contributed by atoms with E-state index < -0.39 is 0 Å². The number of amides is 1. The SMILES string of the molecule is O=C(NCCc1nc2ccccc2n1CCCc1ccccc1)c1ccc(F)cc1. The van der Waals surface area contributed by atoms with E-state index in [9.17, 15) is 9.18 Å². The van der Waals surface area contributed by atoms with Gasteiger partial charge in [0.15, 0.2) is 0 Å². The summed E-state index contributed by atoms with van der Waals surface area (Å²) in [4.78, 5) is 17.1. The first-order chi connectivity index (χ1) is 14.7. The zero-order chi connectivity index (χ0) is 20.8.